The van der Waals surface area contributed by atoms with E-state index < -0.39 is 0 Å². The van der Waals surface area contributed by atoms with Gasteiger partial charge in [-0.2, -0.15) is 0 Å². The summed E-state index contributed by atoms with van der Waals surface area (Å²) in [5.74, 6) is 3.77. The number of hydrogen-bond acceptors (Lipinski definition) is 3. The highest BCUT2D eigenvalue weighted by Crippen LogP contribution is 2.31. The van der Waals surface area contributed by atoms with E-state index >= 15 is 0 Å². The van der Waals surface area contributed by atoms with Crippen LogP contribution in [0, 0.1) is 24.2 Å². The lowest BCUT2D eigenvalue weighted by Gasteiger charge is -2.17. The van der Waals surface area contributed by atoms with Gasteiger partial charge in [0.05, 0.1) is 0 Å². The summed E-state index contributed by atoms with van der Waals surface area (Å²) in [7, 11) is 0. The van der Waals surface area contributed by atoms with E-state index in [4.69, 9.17) is 11.3 Å². The van der Waals surface area contributed by atoms with Crippen LogP contribution >= 0.6 is 0 Å². The molecule has 70 valence electrons. The molecule has 2 saturated heterocycles. The normalized spacial score (nSPS) is 36.7. The van der Waals surface area contributed by atoms with E-state index in [2.05, 4.69) is 16.0 Å². The van der Waals surface area contributed by atoms with Crippen molar-refractivity contribution in [2.75, 3.05) is 26.2 Å². The molecular weight excluding hydrogens is 164 g/mol. The van der Waals surface area contributed by atoms with Crippen LogP contribution < -0.4 is 0 Å². The van der Waals surface area contributed by atoms with Crippen LogP contribution in [0.25, 0.3) is 0 Å². The van der Waals surface area contributed by atoms with Crippen LogP contribution in [0.1, 0.15) is 6.42 Å². The average molecular weight is 178 g/mol. The van der Waals surface area contributed by atoms with Gasteiger partial charge in [-0.1, -0.05) is 11.1 Å². The van der Waals surface area contributed by atoms with Gasteiger partial charge in [-0.05, 0) is 18.9 Å². The number of piperidine rings is 1. The van der Waals surface area contributed by atoms with Gasteiger partial charge in [0.15, 0.2) is 6.61 Å². The van der Waals surface area contributed by atoms with Gasteiger partial charge >= 0.3 is 0 Å². The largest absolute Gasteiger partial charge is 0.383 e. The van der Waals surface area contributed by atoms with Crippen LogP contribution in [-0.2, 0) is 4.84 Å². The Bertz CT molecular complexity index is 244. The lowest BCUT2D eigenvalue weighted by molar-refractivity contribution is 0.178. The van der Waals surface area contributed by atoms with Crippen molar-refractivity contribution in [2.24, 2.45) is 17.0 Å². The van der Waals surface area contributed by atoms with E-state index in [0.717, 1.165) is 12.5 Å². The van der Waals surface area contributed by atoms with Gasteiger partial charge in [-0.25, -0.2) is 0 Å². The first-order chi connectivity index (χ1) is 6.40. The standard InChI is InChI=1S/C10H14N2O/c1-2-5-13-11-6-10-8-12-4-3-9(10)7-12/h1,6,9-10H,3-5,7-8H2/b11-6+/t9-,10-/m0/s1. The van der Waals surface area contributed by atoms with Crippen LogP contribution in [-0.4, -0.2) is 37.4 Å². The number of oxime groups is 1. The first-order valence-electron chi connectivity index (χ1n) is 4.71. The summed E-state index contributed by atoms with van der Waals surface area (Å²) in [4.78, 5) is 7.34. The van der Waals surface area contributed by atoms with Gasteiger partial charge < -0.3 is 9.74 Å². The van der Waals surface area contributed by atoms with Crippen LogP contribution in [0.5, 0.6) is 0 Å². The van der Waals surface area contributed by atoms with E-state index in [1.165, 1.54) is 19.5 Å². The molecule has 0 aromatic carbocycles. The molecule has 0 aromatic heterocycles. The molecule has 2 fully saturated rings. The second-order valence-electron chi connectivity index (χ2n) is 3.70. The lowest BCUT2D eigenvalue weighted by Crippen LogP contribution is -2.24. The maximum absolute atomic E-state index is 5.03. The minimum absolute atomic E-state index is 0.275. The van der Waals surface area contributed by atoms with E-state index in [9.17, 15) is 0 Å². The van der Waals surface area contributed by atoms with Crippen LogP contribution in [0.15, 0.2) is 5.16 Å². The molecule has 0 N–H and O–H groups in total. The van der Waals surface area contributed by atoms with Crippen LogP contribution in [0.3, 0.4) is 0 Å². The highest BCUT2D eigenvalue weighted by atomic mass is 16.6. The minimum Gasteiger partial charge on any atom is -0.383 e. The first-order valence-corrected chi connectivity index (χ1v) is 4.71. The van der Waals surface area contributed by atoms with Crippen molar-refractivity contribution < 1.29 is 4.84 Å². The fourth-order valence-corrected chi connectivity index (χ4v) is 2.19. The summed E-state index contributed by atoms with van der Waals surface area (Å²) < 4.78 is 0. The van der Waals surface area contributed by atoms with Crippen molar-refractivity contribution >= 4 is 6.21 Å². The molecule has 2 heterocycles. The molecule has 3 atom stereocenters. The second-order valence-corrected chi connectivity index (χ2v) is 3.70. The van der Waals surface area contributed by atoms with E-state index in [1.54, 1.807) is 0 Å². The molecule has 2 bridgehead atoms. The Morgan fingerprint density at radius 1 is 1.62 bits per heavy atom. The summed E-state index contributed by atoms with van der Waals surface area (Å²) in [6, 6.07) is 0. The van der Waals surface area contributed by atoms with Crippen molar-refractivity contribution in [3.8, 4) is 12.3 Å². The van der Waals surface area contributed by atoms with Crippen molar-refractivity contribution in [1.82, 2.24) is 4.90 Å². The zero-order chi connectivity index (χ0) is 9.10. The number of terminal acetylenes is 1. The summed E-state index contributed by atoms with van der Waals surface area (Å²) in [5.41, 5.74) is 0. The Hall–Kier alpha value is -1.01. The molecule has 0 spiro atoms. The van der Waals surface area contributed by atoms with Crippen LogP contribution in [0.4, 0.5) is 0 Å². The van der Waals surface area contributed by atoms with Crippen molar-refractivity contribution in [3.05, 3.63) is 0 Å². The zero-order valence-electron chi connectivity index (χ0n) is 7.65. The van der Waals surface area contributed by atoms with Crippen molar-refractivity contribution in [2.45, 2.75) is 6.42 Å². The smallest absolute Gasteiger partial charge is 0.177 e. The molecule has 2 aliphatic heterocycles. The monoisotopic (exact) mass is 178 g/mol. The molecule has 2 rings (SSSR count). The van der Waals surface area contributed by atoms with E-state index in [-0.39, 0.29) is 6.61 Å². The Balaban J connectivity index is 1.77. The molecule has 0 radical (unpaired) electrons. The summed E-state index contributed by atoms with van der Waals surface area (Å²) in [6.07, 6.45) is 8.26. The highest BCUT2D eigenvalue weighted by molar-refractivity contribution is 5.61. The quantitative estimate of drug-likeness (QED) is 0.273. The third-order valence-electron chi connectivity index (χ3n) is 2.86. The van der Waals surface area contributed by atoms with Gasteiger partial charge in [-0.15, -0.1) is 6.42 Å². The molecule has 0 saturated carbocycles. The zero-order valence-corrected chi connectivity index (χ0v) is 7.65. The third-order valence-corrected chi connectivity index (χ3v) is 2.86. The molecule has 13 heavy (non-hydrogen) atoms. The summed E-state index contributed by atoms with van der Waals surface area (Å²) in [6.45, 7) is 3.93. The van der Waals surface area contributed by atoms with Gasteiger partial charge in [0, 0.05) is 25.2 Å². The van der Waals surface area contributed by atoms with E-state index in [0.29, 0.717) is 5.92 Å². The Morgan fingerprint density at radius 2 is 2.54 bits per heavy atom. The summed E-state index contributed by atoms with van der Waals surface area (Å²) >= 11 is 0. The van der Waals surface area contributed by atoms with Gasteiger partial charge in [0.1, 0.15) is 0 Å². The van der Waals surface area contributed by atoms with Gasteiger partial charge in [0.25, 0.3) is 0 Å². The Labute approximate surface area is 78.7 Å². The molecule has 2 aliphatic rings. The number of nitrogens with zero attached hydrogens (tertiary/aromatic N) is 2. The highest BCUT2D eigenvalue weighted by Gasteiger charge is 2.36. The van der Waals surface area contributed by atoms with Crippen molar-refractivity contribution in [3.63, 3.8) is 0 Å². The maximum Gasteiger partial charge on any atom is 0.177 e. The van der Waals surface area contributed by atoms with Gasteiger partial charge in [0.2, 0.25) is 0 Å². The number of rotatable bonds is 3. The topological polar surface area (TPSA) is 24.8 Å². The number of fused-ring (bicyclic) bond motifs is 2. The SMILES string of the molecule is C#CCO/N=C/[C@H]1CN2CC[C@H]1C2. The summed E-state index contributed by atoms with van der Waals surface area (Å²) in [5, 5.41) is 3.87. The number of hydrogen-bond donors (Lipinski definition) is 0. The van der Waals surface area contributed by atoms with Crippen molar-refractivity contribution in [1.29, 1.82) is 0 Å². The fraction of sp³-hybridized carbons (Fsp3) is 0.700. The molecule has 0 aliphatic carbocycles. The molecular formula is C10H14N2O. The van der Waals surface area contributed by atoms with Gasteiger partial charge in [-0.3, -0.25) is 0 Å². The second kappa shape index (κ2) is 3.80. The Kier molecular flexibility index (Phi) is 2.51. The minimum atomic E-state index is 0.275. The van der Waals surface area contributed by atoms with Crippen LogP contribution in [0.2, 0.25) is 0 Å². The van der Waals surface area contributed by atoms with E-state index in [1.807, 2.05) is 6.21 Å². The Morgan fingerprint density at radius 3 is 3.15 bits per heavy atom. The predicted molar refractivity (Wildman–Crippen MR) is 51.3 cm³/mol. The average Bonchev–Trinajstić information content (AvgIpc) is 2.73. The molecule has 0 aromatic rings. The first kappa shape index (κ1) is 8.58. The molecule has 3 heteroatoms. The predicted octanol–water partition coefficient (Wildman–Crippen LogP) is 0.574. The third kappa shape index (κ3) is 1.84. The fourth-order valence-electron chi connectivity index (χ4n) is 2.19. The molecule has 1 unspecified atom stereocenters. The lowest BCUT2D eigenvalue weighted by atomic mass is 9.94. The molecule has 3 nitrogen and oxygen atoms in total. The maximum atomic E-state index is 5.03. The molecule has 0 amide bonds.